The second kappa shape index (κ2) is 15.1. The Bertz CT molecular complexity index is 1260. The maximum atomic E-state index is 4.32. The summed E-state index contributed by atoms with van der Waals surface area (Å²) in [6.07, 6.45) is 12.6. The molecule has 0 saturated heterocycles. The molecule has 3 aromatic carbocycles. The molecule has 2 aliphatic heterocycles. The number of unbranched alkanes of at least 4 members (excludes halogenated alkanes) is 1. The fraction of sp³-hybridized carbons (Fsp3) is 0.147. The monoisotopic (exact) mass is 703 g/mol. The van der Waals surface area contributed by atoms with E-state index in [2.05, 4.69) is 99.1 Å². The minimum atomic E-state index is 0. The Balaban J connectivity index is 0.000000223. The van der Waals surface area contributed by atoms with Crippen molar-refractivity contribution < 1.29 is 20.1 Å². The average molecular weight is 703 g/mol. The number of pyridine rings is 1. The van der Waals surface area contributed by atoms with Crippen molar-refractivity contribution in [1.29, 1.82) is 0 Å². The molecule has 0 saturated carbocycles. The van der Waals surface area contributed by atoms with Crippen molar-refractivity contribution in [3.63, 3.8) is 0 Å². The van der Waals surface area contributed by atoms with E-state index in [0.717, 1.165) is 48.6 Å². The summed E-state index contributed by atoms with van der Waals surface area (Å²) in [7, 11) is 0. The normalized spacial score (nSPS) is 13.7. The van der Waals surface area contributed by atoms with Crippen LogP contribution in [0.4, 0.5) is 11.4 Å². The zero-order chi connectivity index (χ0) is 26.7. The predicted octanol–water partition coefficient (Wildman–Crippen LogP) is 7.05. The molecule has 6 heteroatoms. The number of aryl methyl sites for hydroxylation is 1. The maximum absolute atomic E-state index is 4.32. The van der Waals surface area contributed by atoms with Gasteiger partial charge in [0.25, 0.3) is 0 Å². The topological polar surface area (TPSA) is 25.9 Å². The second-order valence-electron chi connectivity index (χ2n) is 9.32. The van der Waals surface area contributed by atoms with Gasteiger partial charge in [-0.15, -0.1) is 47.3 Å². The second-order valence-corrected chi connectivity index (χ2v) is 9.32. The van der Waals surface area contributed by atoms with Crippen LogP contribution in [0.3, 0.4) is 0 Å². The van der Waals surface area contributed by atoms with Crippen molar-refractivity contribution in [3.8, 4) is 11.3 Å². The molecule has 0 aliphatic carbocycles. The smallest absolute Gasteiger partial charge is 0.0190 e. The van der Waals surface area contributed by atoms with E-state index >= 15 is 0 Å². The Kier molecular flexibility index (Phi) is 11.0. The first kappa shape index (κ1) is 29.1. The van der Waals surface area contributed by atoms with E-state index in [1.165, 1.54) is 5.56 Å². The van der Waals surface area contributed by atoms with Crippen LogP contribution in [0, 0.1) is 38.5 Å². The fourth-order valence-electron chi connectivity index (χ4n) is 4.20. The summed E-state index contributed by atoms with van der Waals surface area (Å²) in [4.78, 5) is 13.0. The zero-order valence-corrected chi connectivity index (χ0v) is 24.9. The van der Waals surface area contributed by atoms with Gasteiger partial charge in [-0.2, -0.15) is 74.0 Å². The Morgan fingerprint density at radius 2 is 1.20 bits per heavy atom. The summed E-state index contributed by atoms with van der Waals surface area (Å²) in [5.41, 5.74) is 5.34. The Hall–Kier alpha value is -3.86. The van der Waals surface area contributed by atoms with Crippen LogP contribution in [0.2, 0.25) is 0 Å². The summed E-state index contributed by atoms with van der Waals surface area (Å²) in [5.74, 6) is 0. The molecule has 0 N–H and O–H groups in total. The summed E-state index contributed by atoms with van der Waals surface area (Å²) in [5, 5.41) is 0. The number of hydrogen-bond donors (Lipinski definition) is 0. The maximum Gasteiger partial charge on any atom is 0.0190 e. The molecule has 0 atom stereocenters. The molecular formula is C34H32IrN5-5. The molecule has 6 rings (SSSR count). The number of nitrogens with zero attached hydrogens (tertiary/aromatic N) is 5. The number of benzene rings is 3. The van der Waals surface area contributed by atoms with Crippen LogP contribution in [-0.2, 0) is 20.1 Å². The van der Waals surface area contributed by atoms with Crippen molar-refractivity contribution in [2.45, 2.75) is 19.8 Å². The van der Waals surface area contributed by atoms with Crippen LogP contribution in [0.5, 0.6) is 0 Å². The van der Waals surface area contributed by atoms with Gasteiger partial charge in [0.1, 0.15) is 0 Å². The zero-order valence-electron chi connectivity index (χ0n) is 22.5. The van der Waals surface area contributed by atoms with Crippen LogP contribution in [0.15, 0.2) is 116 Å². The molecule has 1 aromatic heterocycles. The number of aromatic nitrogens is 1. The first-order valence-corrected chi connectivity index (χ1v) is 13.2. The number of anilines is 2. The molecule has 1 radical (unpaired) electrons. The predicted molar refractivity (Wildman–Crippen MR) is 158 cm³/mol. The van der Waals surface area contributed by atoms with Gasteiger partial charge in [-0.05, 0) is 68.9 Å². The molecule has 2 aliphatic rings. The van der Waals surface area contributed by atoms with E-state index in [1.54, 1.807) is 0 Å². The van der Waals surface area contributed by atoms with E-state index in [4.69, 9.17) is 0 Å². The fourth-order valence-corrected chi connectivity index (χ4v) is 4.20. The quantitative estimate of drug-likeness (QED) is 0.145. The molecule has 3 heterocycles. The van der Waals surface area contributed by atoms with E-state index in [9.17, 15) is 0 Å². The molecule has 0 fully saturated rings. The van der Waals surface area contributed by atoms with Crippen molar-refractivity contribution in [2.24, 2.45) is 0 Å². The van der Waals surface area contributed by atoms with Gasteiger partial charge in [0, 0.05) is 26.3 Å². The van der Waals surface area contributed by atoms with Crippen molar-refractivity contribution in [1.82, 2.24) is 14.8 Å². The van der Waals surface area contributed by atoms with Crippen molar-refractivity contribution >= 4 is 11.4 Å². The van der Waals surface area contributed by atoms with Gasteiger partial charge in [0.15, 0.2) is 0 Å². The minimum absolute atomic E-state index is 0. The molecule has 40 heavy (non-hydrogen) atoms. The van der Waals surface area contributed by atoms with Crippen LogP contribution in [-0.4, -0.2) is 27.9 Å². The molecule has 0 unspecified atom stereocenters. The van der Waals surface area contributed by atoms with E-state index < -0.39 is 0 Å². The molecular weight excluding hydrogens is 671 g/mol. The van der Waals surface area contributed by atoms with Crippen molar-refractivity contribution in [2.75, 3.05) is 22.9 Å². The first-order valence-electron chi connectivity index (χ1n) is 13.2. The van der Waals surface area contributed by atoms with E-state index in [0.29, 0.717) is 0 Å². The Labute approximate surface area is 252 Å². The molecule has 0 amide bonds. The Morgan fingerprint density at radius 3 is 1.65 bits per heavy atom. The molecule has 0 spiro atoms. The third-order valence-electron chi connectivity index (χ3n) is 6.30. The number of hydrogen-bond acceptors (Lipinski definition) is 5. The SMILES string of the molecule is Cc1ccc(-c2[c-]cccc2)nc1.[Ir].[c-]1ccccc1N1C=CN(CCCCN2C=CN(c3[c-]cccc3)[CH-]2)[CH-]1. The summed E-state index contributed by atoms with van der Waals surface area (Å²) in [6, 6.07) is 37.6. The van der Waals surface area contributed by atoms with Crippen LogP contribution in [0.25, 0.3) is 11.3 Å². The van der Waals surface area contributed by atoms with Crippen molar-refractivity contribution in [3.05, 3.63) is 153 Å². The van der Waals surface area contributed by atoms with Crippen LogP contribution < -0.4 is 9.80 Å². The molecule has 0 bridgehead atoms. The third-order valence-corrected chi connectivity index (χ3v) is 6.30. The summed E-state index contributed by atoms with van der Waals surface area (Å²) in [6.45, 7) is 8.33. The van der Waals surface area contributed by atoms with Gasteiger partial charge >= 0.3 is 0 Å². The van der Waals surface area contributed by atoms with Gasteiger partial charge in [0.05, 0.1) is 0 Å². The van der Waals surface area contributed by atoms with Gasteiger partial charge < -0.3 is 24.6 Å². The van der Waals surface area contributed by atoms with Crippen LogP contribution >= 0.6 is 0 Å². The van der Waals surface area contributed by atoms with Gasteiger partial charge in [-0.3, -0.25) is 0 Å². The van der Waals surface area contributed by atoms with E-state index in [-0.39, 0.29) is 20.1 Å². The number of rotatable bonds is 8. The summed E-state index contributed by atoms with van der Waals surface area (Å²) < 4.78 is 0. The van der Waals surface area contributed by atoms with E-state index in [1.807, 2.05) is 79.9 Å². The van der Waals surface area contributed by atoms with Gasteiger partial charge in [0.2, 0.25) is 0 Å². The first-order chi connectivity index (χ1) is 19.2. The van der Waals surface area contributed by atoms with Gasteiger partial charge in [-0.1, -0.05) is 12.1 Å². The van der Waals surface area contributed by atoms with Crippen LogP contribution in [0.1, 0.15) is 18.4 Å². The third kappa shape index (κ3) is 8.32. The molecule has 5 nitrogen and oxygen atoms in total. The largest absolute Gasteiger partial charge is 0.508 e. The minimum Gasteiger partial charge on any atom is -0.508 e. The average Bonchev–Trinajstić information content (AvgIpc) is 3.68. The molecule has 4 aromatic rings. The van der Waals surface area contributed by atoms with Gasteiger partial charge in [-0.25, -0.2) is 0 Å². The summed E-state index contributed by atoms with van der Waals surface area (Å²) >= 11 is 0. The molecule has 207 valence electrons. The Morgan fingerprint density at radius 1 is 0.650 bits per heavy atom. The number of para-hydroxylation sites is 2. The standard InChI is InChI=1S/C22H22N4.C12H10N.Ir/c1-3-9-21(10-4-1)25-17-15-23(19-25)13-7-8-14-24-16-18-26(20-24)22-11-5-2-6-12-22;1-10-7-8-12(13-9-10)11-5-3-2-4-6-11;/h1-6,9,11,15-20H,7-8,13-14H2;2-5,7-9H,1H3;/q-4;-1;.